The molecule has 1 aliphatic rings. The minimum absolute atomic E-state index is 0.0223. The molecule has 0 amide bonds. The van der Waals surface area contributed by atoms with Crippen LogP contribution in [0.1, 0.15) is 19.4 Å². The van der Waals surface area contributed by atoms with Gasteiger partial charge in [-0.1, -0.05) is 38.1 Å². The average molecular weight is 343 g/mol. The summed E-state index contributed by atoms with van der Waals surface area (Å²) < 4.78 is 0. The molecule has 25 heavy (non-hydrogen) atoms. The molecule has 3 N–H and O–H groups in total. The molecule has 1 aliphatic heterocycles. The van der Waals surface area contributed by atoms with Crippen LogP contribution in [-0.2, 0) is 4.79 Å². The largest absolute Gasteiger partial charge is 0.394 e. The molecule has 0 radical (unpaired) electrons. The monoisotopic (exact) mass is 343 g/mol. The van der Waals surface area contributed by atoms with Gasteiger partial charge in [-0.25, -0.2) is 0 Å². The van der Waals surface area contributed by atoms with Gasteiger partial charge in [-0.3, -0.25) is 0 Å². The Morgan fingerprint density at radius 3 is 2.64 bits per heavy atom. The highest BCUT2D eigenvalue weighted by Gasteiger charge is 2.23. The minimum atomic E-state index is -0.136. The molecule has 2 aromatic rings. The van der Waals surface area contributed by atoms with Gasteiger partial charge in [0.25, 0.3) is 0 Å². The molecule has 2 heterocycles. The first-order chi connectivity index (χ1) is 12.1. The van der Waals surface area contributed by atoms with Crippen LogP contribution in [0.25, 0.3) is 16.5 Å². The van der Waals surface area contributed by atoms with E-state index in [1.165, 1.54) is 0 Å². The Hall–Kier alpha value is -1.95. The van der Waals surface area contributed by atoms with Crippen molar-refractivity contribution in [3.8, 4) is 0 Å². The Balaban J connectivity index is 0.000000326. The van der Waals surface area contributed by atoms with E-state index in [0.29, 0.717) is 6.54 Å². The predicted molar refractivity (Wildman–Crippen MR) is 104 cm³/mol. The summed E-state index contributed by atoms with van der Waals surface area (Å²) in [6.07, 6.45) is 4.80. The molecular weight excluding hydrogens is 314 g/mol. The second kappa shape index (κ2) is 9.51. The number of hydrogen-bond acceptors (Lipinski definition) is 4. The molecule has 0 aliphatic carbocycles. The lowest BCUT2D eigenvalue weighted by atomic mass is 9.90. The molecule has 0 spiro atoms. The molecule has 1 aromatic carbocycles. The molecule has 5 heteroatoms. The summed E-state index contributed by atoms with van der Waals surface area (Å²) in [4.78, 5) is 16.5. The smallest absolute Gasteiger partial charge is 0.128 e. The molecule has 136 valence electrons. The van der Waals surface area contributed by atoms with Crippen LogP contribution in [0.15, 0.2) is 36.5 Å². The van der Waals surface area contributed by atoms with E-state index in [1.54, 1.807) is 0 Å². The summed E-state index contributed by atoms with van der Waals surface area (Å²) in [7, 11) is 2.11. The van der Waals surface area contributed by atoms with Gasteiger partial charge < -0.3 is 25.1 Å². The summed E-state index contributed by atoms with van der Waals surface area (Å²) >= 11 is 0. The first kappa shape index (κ1) is 19.4. The Labute approximate surface area is 149 Å². The zero-order chi connectivity index (χ0) is 18.2. The molecule has 0 saturated carbocycles. The van der Waals surface area contributed by atoms with Crippen molar-refractivity contribution in [2.45, 2.75) is 19.9 Å². The molecular formula is C20H29N3O2. The summed E-state index contributed by atoms with van der Waals surface area (Å²) in [5.41, 5.74) is 3.07. The first-order valence-corrected chi connectivity index (χ1v) is 8.90. The summed E-state index contributed by atoms with van der Waals surface area (Å²) in [5, 5.41) is 13.8. The number of benzene rings is 1. The van der Waals surface area contributed by atoms with E-state index in [4.69, 9.17) is 0 Å². The number of rotatable bonds is 5. The zero-order valence-corrected chi connectivity index (χ0v) is 15.3. The molecule has 3 rings (SSSR count). The number of aromatic nitrogens is 1. The van der Waals surface area contributed by atoms with Crippen molar-refractivity contribution in [1.29, 1.82) is 0 Å². The summed E-state index contributed by atoms with van der Waals surface area (Å²) in [5.74, 6) is -0.136. The number of aromatic amines is 1. The Morgan fingerprint density at radius 1 is 1.28 bits per heavy atom. The van der Waals surface area contributed by atoms with Crippen molar-refractivity contribution in [3.63, 3.8) is 0 Å². The standard InChI is InChI=1S/C15H16N2O2.C5H13N/c18-8-10-6-13(14(9-19)17-7-10)12-3-1-2-11-4-5-16-15(11)12;1-4-6(3)5-2/h1-6,8,10,14,16-17,19H,7,9H2;4-5H2,1-3H3. The van der Waals surface area contributed by atoms with Gasteiger partial charge in [-0.2, -0.15) is 0 Å². The molecule has 0 saturated heterocycles. The lowest BCUT2D eigenvalue weighted by Crippen LogP contribution is -2.41. The van der Waals surface area contributed by atoms with Gasteiger partial charge in [0.2, 0.25) is 0 Å². The SMILES string of the molecule is CCN(C)CC.O=CC1C=C(c2cccc3cc[nH]c23)C(CO)NC1. The zero-order valence-electron chi connectivity index (χ0n) is 15.3. The third-order valence-electron chi connectivity index (χ3n) is 4.70. The van der Waals surface area contributed by atoms with Gasteiger partial charge in [0.05, 0.1) is 18.2 Å². The fourth-order valence-electron chi connectivity index (χ4n) is 2.87. The van der Waals surface area contributed by atoms with E-state index in [9.17, 15) is 9.90 Å². The fraction of sp³-hybridized carbons (Fsp3) is 0.450. The van der Waals surface area contributed by atoms with Crippen molar-refractivity contribution in [2.75, 3.05) is 33.3 Å². The van der Waals surface area contributed by atoms with Crippen LogP contribution in [0, 0.1) is 5.92 Å². The first-order valence-electron chi connectivity index (χ1n) is 8.90. The third-order valence-corrected chi connectivity index (χ3v) is 4.70. The Morgan fingerprint density at radius 2 is 2.04 bits per heavy atom. The number of aliphatic hydroxyl groups excluding tert-OH is 1. The van der Waals surface area contributed by atoms with Gasteiger partial charge in [-0.15, -0.1) is 0 Å². The number of carbonyl (C=O) groups is 1. The van der Waals surface area contributed by atoms with Crippen LogP contribution >= 0.6 is 0 Å². The summed E-state index contributed by atoms with van der Waals surface area (Å²) in [6.45, 7) is 7.24. The topological polar surface area (TPSA) is 68.4 Å². The third kappa shape index (κ3) is 4.78. The van der Waals surface area contributed by atoms with E-state index in [0.717, 1.165) is 41.4 Å². The highest BCUT2D eigenvalue weighted by Crippen LogP contribution is 2.29. The average Bonchev–Trinajstić information content (AvgIpc) is 3.16. The fourth-order valence-corrected chi connectivity index (χ4v) is 2.87. The normalized spacial score (nSPS) is 20.1. The number of H-pyrrole nitrogens is 1. The van der Waals surface area contributed by atoms with Crippen molar-refractivity contribution < 1.29 is 9.90 Å². The van der Waals surface area contributed by atoms with Crippen LogP contribution in [-0.4, -0.2) is 60.6 Å². The predicted octanol–water partition coefficient (Wildman–Crippen LogP) is 2.29. The quantitative estimate of drug-likeness (QED) is 0.729. The lowest BCUT2D eigenvalue weighted by Gasteiger charge is -2.27. The second-order valence-corrected chi connectivity index (χ2v) is 6.30. The molecule has 5 nitrogen and oxygen atoms in total. The van der Waals surface area contributed by atoms with Gasteiger partial charge in [0, 0.05) is 24.2 Å². The number of fused-ring (bicyclic) bond motifs is 1. The number of nitrogens with zero attached hydrogens (tertiary/aromatic N) is 1. The van der Waals surface area contributed by atoms with E-state index >= 15 is 0 Å². The number of aldehydes is 1. The van der Waals surface area contributed by atoms with Crippen LogP contribution in [0.4, 0.5) is 0 Å². The van der Waals surface area contributed by atoms with Crippen molar-refractivity contribution >= 4 is 22.8 Å². The number of nitrogens with one attached hydrogen (secondary N) is 2. The Kier molecular flexibility index (Phi) is 7.37. The van der Waals surface area contributed by atoms with Crippen LogP contribution < -0.4 is 5.32 Å². The van der Waals surface area contributed by atoms with Crippen LogP contribution in [0.5, 0.6) is 0 Å². The maximum Gasteiger partial charge on any atom is 0.128 e. The highest BCUT2D eigenvalue weighted by molar-refractivity contribution is 5.93. The van der Waals surface area contributed by atoms with Gasteiger partial charge in [0.15, 0.2) is 0 Å². The van der Waals surface area contributed by atoms with Gasteiger partial charge in [-0.05, 0) is 37.2 Å². The highest BCUT2D eigenvalue weighted by atomic mass is 16.3. The van der Waals surface area contributed by atoms with E-state index in [2.05, 4.69) is 36.1 Å². The number of hydrogen-bond donors (Lipinski definition) is 3. The maximum atomic E-state index is 11.0. The molecule has 0 fully saturated rings. The molecule has 2 unspecified atom stereocenters. The molecule has 1 aromatic heterocycles. The lowest BCUT2D eigenvalue weighted by molar-refractivity contribution is -0.109. The van der Waals surface area contributed by atoms with E-state index in [1.807, 2.05) is 36.5 Å². The van der Waals surface area contributed by atoms with Gasteiger partial charge in [0.1, 0.15) is 6.29 Å². The molecule has 0 bridgehead atoms. The van der Waals surface area contributed by atoms with Crippen molar-refractivity contribution in [2.24, 2.45) is 5.92 Å². The number of aliphatic hydroxyl groups is 1. The van der Waals surface area contributed by atoms with Crippen molar-refractivity contribution in [1.82, 2.24) is 15.2 Å². The maximum absolute atomic E-state index is 11.0. The minimum Gasteiger partial charge on any atom is -0.394 e. The Bertz CT molecular complexity index is 704. The number of para-hydroxylation sites is 1. The van der Waals surface area contributed by atoms with Crippen LogP contribution in [0.2, 0.25) is 0 Å². The second-order valence-electron chi connectivity index (χ2n) is 6.30. The molecule has 2 atom stereocenters. The van der Waals surface area contributed by atoms with Crippen molar-refractivity contribution in [3.05, 3.63) is 42.1 Å². The van der Waals surface area contributed by atoms with Gasteiger partial charge >= 0.3 is 0 Å². The van der Waals surface area contributed by atoms with E-state index < -0.39 is 0 Å². The summed E-state index contributed by atoms with van der Waals surface area (Å²) in [6, 6.07) is 7.94. The van der Waals surface area contributed by atoms with Crippen LogP contribution in [0.3, 0.4) is 0 Å². The number of carbonyl (C=O) groups excluding carboxylic acids is 1. The van der Waals surface area contributed by atoms with E-state index in [-0.39, 0.29) is 18.6 Å².